The number of guanidine groups is 1. The molecule has 1 amide bonds. The van der Waals surface area contributed by atoms with Crippen molar-refractivity contribution in [3.63, 3.8) is 0 Å². The van der Waals surface area contributed by atoms with E-state index in [2.05, 4.69) is 15.6 Å². The van der Waals surface area contributed by atoms with Gasteiger partial charge in [0, 0.05) is 49.7 Å². The van der Waals surface area contributed by atoms with Crippen LogP contribution in [0.15, 0.2) is 69.8 Å². The second-order valence-corrected chi connectivity index (χ2v) is 9.08. The van der Waals surface area contributed by atoms with Crippen LogP contribution in [0.3, 0.4) is 0 Å². The number of carbonyl (C=O) groups is 2. The van der Waals surface area contributed by atoms with Crippen molar-refractivity contribution >= 4 is 40.8 Å². The zero-order valence-electron chi connectivity index (χ0n) is 18.4. The summed E-state index contributed by atoms with van der Waals surface area (Å²) in [7, 11) is 3.42. The molecule has 0 saturated heterocycles. The normalized spacial score (nSPS) is 21.5. The number of fused-ring (bicyclic) bond motifs is 1. The third-order valence-corrected chi connectivity index (χ3v) is 6.51. The lowest BCUT2D eigenvalue weighted by Crippen LogP contribution is -2.47. The molecule has 0 fully saturated rings. The monoisotopic (exact) mass is 461 g/mol. The largest absolute Gasteiger partial charge is 0.349 e. The zero-order chi connectivity index (χ0) is 23.1. The zero-order valence-corrected chi connectivity index (χ0v) is 19.2. The van der Waals surface area contributed by atoms with Crippen LogP contribution in [0.25, 0.3) is 0 Å². The first-order chi connectivity index (χ1) is 15.9. The van der Waals surface area contributed by atoms with E-state index in [9.17, 15) is 9.59 Å². The number of halogens is 1. The molecule has 0 spiro atoms. The molecule has 7 nitrogen and oxygen atoms in total. The minimum absolute atomic E-state index is 0.0568. The highest BCUT2D eigenvalue weighted by Gasteiger charge is 2.39. The lowest BCUT2D eigenvalue weighted by molar-refractivity contribution is -0.135. The second-order valence-electron chi connectivity index (χ2n) is 8.67. The number of allylic oxidation sites excluding steroid dienone is 1. The van der Waals surface area contributed by atoms with Crippen molar-refractivity contribution in [1.82, 2.24) is 15.5 Å². The number of hydrogen-bond donors (Lipinski definition) is 2. The number of amides is 1. The Kier molecular flexibility index (Phi) is 5.50. The number of rotatable bonds is 2. The summed E-state index contributed by atoms with van der Waals surface area (Å²) in [5, 5.41) is 7.13. The van der Waals surface area contributed by atoms with E-state index in [-0.39, 0.29) is 18.1 Å². The Bertz CT molecular complexity index is 1250. The molecule has 0 bridgehead atoms. The number of para-hydroxylation sites is 1. The summed E-state index contributed by atoms with van der Waals surface area (Å²) in [5.74, 6) is 0.724. The van der Waals surface area contributed by atoms with Gasteiger partial charge in [0.1, 0.15) is 11.9 Å². The van der Waals surface area contributed by atoms with Crippen LogP contribution in [0.5, 0.6) is 0 Å². The Hall–Kier alpha value is -3.45. The number of amidine groups is 1. The Morgan fingerprint density at radius 3 is 2.64 bits per heavy atom. The summed E-state index contributed by atoms with van der Waals surface area (Å²) in [4.78, 5) is 36.9. The van der Waals surface area contributed by atoms with Crippen LogP contribution in [0, 0.1) is 5.92 Å². The van der Waals surface area contributed by atoms with Gasteiger partial charge < -0.3 is 15.5 Å². The van der Waals surface area contributed by atoms with Crippen LogP contribution in [-0.2, 0) is 16.0 Å². The first-order valence-electron chi connectivity index (χ1n) is 10.9. The SMILES string of the molecule is CN(C)C(=O)C1CC(=O)C2=C(C1)NC(NC1=Nc3ccccc3C1)=NC2c1ccccc1Cl. The van der Waals surface area contributed by atoms with E-state index < -0.39 is 12.0 Å². The third-order valence-electron chi connectivity index (χ3n) is 6.17. The van der Waals surface area contributed by atoms with E-state index in [4.69, 9.17) is 16.6 Å². The maximum atomic E-state index is 13.2. The lowest BCUT2D eigenvalue weighted by atomic mass is 9.80. The summed E-state index contributed by atoms with van der Waals surface area (Å²) < 4.78 is 0. The standard InChI is InChI=1S/C25H24ClN5O2/c1-31(2)24(33)15-11-19-22(20(32)12-15)23(16-8-4-5-9-17(16)26)30-25(28-19)29-21-13-14-7-3-6-10-18(14)27-21/h3-10,15,23H,11-13H2,1-2H3,(H2,27,28,29,30). The van der Waals surface area contributed by atoms with E-state index in [1.807, 2.05) is 42.5 Å². The van der Waals surface area contributed by atoms with Crippen molar-refractivity contribution in [1.29, 1.82) is 0 Å². The first-order valence-corrected chi connectivity index (χ1v) is 11.3. The minimum atomic E-state index is -0.551. The number of Topliss-reactive ketones (excluding diaryl/α,β-unsaturated/α-hetero) is 1. The molecule has 168 valence electrons. The molecule has 5 rings (SSSR count). The van der Waals surface area contributed by atoms with Crippen molar-refractivity contribution in [2.24, 2.45) is 15.9 Å². The average molecular weight is 462 g/mol. The highest BCUT2D eigenvalue weighted by atomic mass is 35.5. The van der Waals surface area contributed by atoms with E-state index in [1.165, 1.54) is 4.90 Å². The summed E-state index contributed by atoms with van der Waals surface area (Å²) in [6.45, 7) is 0. The van der Waals surface area contributed by atoms with Crippen molar-refractivity contribution < 1.29 is 9.59 Å². The van der Waals surface area contributed by atoms with E-state index in [0.29, 0.717) is 35.1 Å². The smallest absolute Gasteiger partial charge is 0.226 e. The van der Waals surface area contributed by atoms with Gasteiger partial charge in [0.15, 0.2) is 5.78 Å². The molecule has 2 aliphatic heterocycles. The minimum Gasteiger partial charge on any atom is -0.349 e. The van der Waals surface area contributed by atoms with Crippen LogP contribution in [0.2, 0.25) is 5.02 Å². The van der Waals surface area contributed by atoms with Gasteiger partial charge in [0.25, 0.3) is 0 Å². The number of ketones is 1. The van der Waals surface area contributed by atoms with E-state index in [0.717, 1.165) is 22.6 Å². The predicted octanol–water partition coefficient (Wildman–Crippen LogP) is 3.54. The lowest BCUT2D eigenvalue weighted by Gasteiger charge is -2.34. The van der Waals surface area contributed by atoms with Crippen LogP contribution in [0.1, 0.15) is 30.0 Å². The Labute approximate surface area is 197 Å². The Morgan fingerprint density at radius 1 is 1.12 bits per heavy atom. The Balaban J connectivity index is 1.49. The molecular formula is C25H24ClN5O2. The quantitative estimate of drug-likeness (QED) is 0.716. The van der Waals surface area contributed by atoms with E-state index in [1.54, 1.807) is 20.2 Å². The second kappa shape index (κ2) is 8.48. The van der Waals surface area contributed by atoms with Gasteiger partial charge in [-0.05, 0) is 23.3 Å². The van der Waals surface area contributed by atoms with Gasteiger partial charge in [-0.1, -0.05) is 48.0 Å². The molecule has 2 N–H and O–H groups in total. The molecule has 0 radical (unpaired) electrons. The van der Waals surface area contributed by atoms with Gasteiger partial charge in [-0.25, -0.2) is 9.98 Å². The molecule has 1 aliphatic carbocycles. The number of hydrogen-bond acceptors (Lipinski definition) is 6. The molecular weight excluding hydrogens is 438 g/mol. The van der Waals surface area contributed by atoms with Crippen molar-refractivity contribution in [3.8, 4) is 0 Å². The van der Waals surface area contributed by atoms with Gasteiger partial charge in [-0.3, -0.25) is 9.59 Å². The number of carbonyl (C=O) groups excluding carboxylic acids is 2. The van der Waals surface area contributed by atoms with Gasteiger partial charge in [-0.15, -0.1) is 0 Å². The van der Waals surface area contributed by atoms with Crippen LogP contribution < -0.4 is 10.6 Å². The molecule has 2 heterocycles. The fraction of sp³-hybridized carbons (Fsp3) is 0.280. The van der Waals surface area contributed by atoms with Crippen LogP contribution in [-0.4, -0.2) is 42.5 Å². The fourth-order valence-corrected chi connectivity index (χ4v) is 4.84. The predicted molar refractivity (Wildman–Crippen MR) is 129 cm³/mol. The number of aliphatic imine (C=N–C) groups is 2. The number of nitrogens with zero attached hydrogens (tertiary/aromatic N) is 3. The fourth-order valence-electron chi connectivity index (χ4n) is 4.60. The number of nitrogens with one attached hydrogen (secondary N) is 2. The Morgan fingerprint density at radius 2 is 1.88 bits per heavy atom. The third kappa shape index (κ3) is 4.04. The summed E-state index contributed by atoms with van der Waals surface area (Å²) >= 11 is 6.51. The summed E-state index contributed by atoms with van der Waals surface area (Å²) in [5.41, 5.74) is 4.12. The van der Waals surface area contributed by atoms with Gasteiger partial charge in [-0.2, -0.15) is 0 Å². The van der Waals surface area contributed by atoms with Crippen LogP contribution >= 0.6 is 11.6 Å². The van der Waals surface area contributed by atoms with Crippen LogP contribution in [0.4, 0.5) is 5.69 Å². The highest BCUT2D eigenvalue weighted by Crippen LogP contribution is 2.40. The highest BCUT2D eigenvalue weighted by molar-refractivity contribution is 6.31. The summed E-state index contributed by atoms with van der Waals surface area (Å²) in [6.07, 6.45) is 1.27. The molecule has 2 aromatic carbocycles. The summed E-state index contributed by atoms with van der Waals surface area (Å²) in [6, 6.07) is 14.8. The maximum Gasteiger partial charge on any atom is 0.226 e. The van der Waals surface area contributed by atoms with Crippen molar-refractivity contribution in [2.75, 3.05) is 14.1 Å². The topological polar surface area (TPSA) is 86.2 Å². The molecule has 2 unspecified atom stereocenters. The molecule has 33 heavy (non-hydrogen) atoms. The maximum absolute atomic E-state index is 13.2. The molecule has 2 aromatic rings. The molecule has 8 heteroatoms. The van der Waals surface area contributed by atoms with Gasteiger partial charge in [0.2, 0.25) is 11.9 Å². The molecule has 0 aromatic heterocycles. The molecule has 3 aliphatic rings. The van der Waals surface area contributed by atoms with Gasteiger partial charge in [0.05, 0.1) is 11.6 Å². The van der Waals surface area contributed by atoms with E-state index >= 15 is 0 Å². The van der Waals surface area contributed by atoms with Crippen molar-refractivity contribution in [3.05, 3.63) is 76.0 Å². The average Bonchev–Trinajstić information content (AvgIpc) is 3.20. The van der Waals surface area contributed by atoms with Crippen molar-refractivity contribution in [2.45, 2.75) is 25.3 Å². The van der Waals surface area contributed by atoms with Gasteiger partial charge >= 0.3 is 0 Å². The molecule has 2 atom stereocenters. The molecule has 0 saturated carbocycles. The first kappa shape index (κ1) is 21.4. The number of benzene rings is 2.